The van der Waals surface area contributed by atoms with Gasteiger partial charge < -0.3 is 15.4 Å². The van der Waals surface area contributed by atoms with E-state index in [2.05, 4.69) is 38.6 Å². The van der Waals surface area contributed by atoms with Crippen LogP contribution in [0.15, 0.2) is 29.5 Å². The zero-order valence-electron chi connectivity index (χ0n) is 16.9. The fourth-order valence-corrected chi connectivity index (χ4v) is 4.12. The number of ether oxygens (including phenoxy) is 1. The Kier molecular flexibility index (Phi) is 8.08. The predicted molar refractivity (Wildman–Crippen MR) is 115 cm³/mol. The summed E-state index contributed by atoms with van der Waals surface area (Å²) in [6, 6.07) is 4.03. The lowest BCUT2D eigenvalue weighted by Crippen LogP contribution is -2.37. The topological polar surface area (TPSA) is 71.4 Å². The number of hydrogen-bond donors (Lipinski definition) is 2. The molecule has 0 aromatic carbocycles. The van der Waals surface area contributed by atoms with Gasteiger partial charge in [-0.25, -0.2) is 9.97 Å². The van der Waals surface area contributed by atoms with Crippen LogP contribution >= 0.6 is 11.3 Å². The summed E-state index contributed by atoms with van der Waals surface area (Å²) >= 11 is 1.78. The maximum Gasteiger partial charge on any atom is 0.213 e. The summed E-state index contributed by atoms with van der Waals surface area (Å²) < 4.78 is 5.99. The Morgan fingerprint density at radius 3 is 2.71 bits per heavy atom. The number of thiazole rings is 1. The van der Waals surface area contributed by atoms with Crippen molar-refractivity contribution < 1.29 is 4.74 Å². The van der Waals surface area contributed by atoms with Crippen molar-refractivity contribution in [3.05, 3.63) is 40.0 Å². The fourth-order valence-electron chi connectivity index (χ4n) is 3.26. The minimum absolute atomic E-state index is 0.333. The van der Waals surface area contributed by atoms with Crippen molar-refractivity contribution in [1.82, 2.24) is 20.6 Å². The van der Waals surface area contributed by atoms with Gasteiger partial charge >= 0.3 is 0 Å². The van der Waals surface area contributed by atoms with Gasteiger partial charge in [0.25, 0.3) is 0 Å². The molecule has 3 rings (SSSR count). The van der Waals surface area contributed by atoms with Gasteiger partial charge in [0.15, 0.2) is 5.96 Å². The average molecular weight is 402 g/mol. The minimum Gasteiger partial charge on any atom is -0.474 e. The van der Waals surface area contributed by atoms with Crippen molar-refractivity contribution in [3.63, 3.8) is 0 Å². The van der Waals surface area contributed by atoms with Gasteiger partial charge in [0, 0.05) is 49.9 Å². The first-order valence-corrected chi connectivity index (χ1v) is 11.1. The fraction of sp³-hybridized carbons (Fsp3) is 0.571. The van der Waals surface area contributed by atoms with Crippen molar-refractivity contribution in [2.45, 2.75) is 64.5 Å². The summed E-state index contributed by atoms with van der Waals surface area (Å²) in [5.74, 6) is 1.52. The van der Waals surface area contributed by atoms with E-state index in [4.69, 9.17) is 4.74 Å². The lowest BCUT2D eigenvalue weighted by molar-refractivity contribution is 0.148. The molecular formula is C21H31N5OS. The summed E-state index contributed by atoms with van der Waals surface area (Å²) in [6.45, 7) is 3.64. The van der Waals surface area contributed by atoms with Crippen LogP contribution in [-0.4, -0.2) is 35.6 Å². The molecule has 0 saturated heterocycles. The first-order chi connectivity index (χ1) is 13.8. The zero-order valence-corrected chi connectivity index (χ0v) is 17.7. The molecule has 1 fully saturated rings. The molecule has 152 valence electrons. The molecule has 2 heterocycles. The van der Waals surface area contributed by atoms with Crippen LogP contribution in [0.25, 0.3) is 0 Å². The Bertz CT molecular complexity index is 738. The van der Waals surface area contributed by atoms with E-state index in [1.807, 2.05) is 18.5 Å². The molecule has 2 N–H and O–H groups in total. The van der Waals surface area contributed by atoms with E-state index in [1.54, 1.807) is 18.4 Å². The second kappa shape index (κ2) is 11.0. The second-order valence-corrected chi connectivity index (χ2v) is 8.26. The number of aryl methyl sites for hydroxylation is 1. The van der Waals surface area contributed by atoms with E-state index in [9.17, 15) is 0 Å². The molecule has 0 unspecified atom stereocenters. The highest BCUT2D eigenvalue weighted by Crippen LogP contribution is 2.22. The van der Waals surface area contributed by atoms with E-state index < -0.39 is 0 Å². The van der Waals surface area contributed by atoms with Crippen LogP contribution in [0, 0.1) is 0 Å². The third-order valence-corrected chi connectivity index (χ3v) is 6.10. The molecule has 0 spiro atoms. The van der Waals surface area contributed by atoms with Gasteiger partial charge in [-0.05, 0) is 37.7 Å². The molecule has 0 aliphatic heterocycles. The smallest absolute Gasteiger partial charge is 0.213 e. The SMILES string of the molecule is CCc1cnc(CCNC(=NC)NCc2ccc(OC3CCCCC3)nc2)s1. The van der Waals surface area contributed by atoms with Gasteiger partial charge in [-0.3, -0.25) is 4.99 Å². The maximum atomic E-state index is 5.99. The zero-order chi connectivity index (χ0) is 19.6. The van der Waals surface area contributed by atoms with Crippen LogP contribution in [-0.2, 0) is 19.4 Å². The van der Waals surface area contributed by atoms with Gasteiger partial charge in [-0.2, -0.15) is 0 Å². The highest BCUT2D eigenvalue weighted by Gasteiger charge is 2.15. The molecule has 7 heteroatoms. The van der Waals surface area contributed by atoms with Gasteiger partial charge in [0.05, 0.1) is 5.01 Å². The highest BCUT2D eigenvalue weighted by molar-refractivity contribution is 7.11. The molecule has 1 aliphatic rings. The number of aromatic nitrogens is 2. The molecule has 2 aromatic rings. The van der Waals surface area contributed by atoms with Crippen LogP contribution in [0.2, 0.25) is 0 Å². The number of pyridine rings is 1. The molecule has 0 atom stereocenters. The van der Waals surface area contributed by atoms with E-state index in [1.165, 1.54) is 24.1 Å². The van der Waals surface area contributed by atoms with Crippen LogP contribution < -0.4 is 15.4 Å². The maximum absolute atomic E-state index is 5.99. The van der Waals surface area contributed by atoms with Crippen molar-refractivity contribution >= 4 is 17.3 Å². The number of nitrogens with one attached hydrogen (secondary N) is 2. The minimum atomic E-state index is 0.333. The van der Waals surface area contributed by atoms with E-state index >= 15 is 0 Å². The molecule has 0 amide bonds. The molecule has 6 nitrogen and oxygen atoms in total. The van der Waals surface area contributed by atoms with Gasteiger partial charge in [0.1, 0.15) is 6.10 Å². The largest absolute Gasteiger partial charge is 0.474 e. The third kappa shape index (κ3) is 6.48. The number of rotatable bonds is 8. The molecule has 1 saturated carbocycles. The molecule has 0 bridgehead atoms. The van der Waals surface area contributed by atoms with E-state index in [0.29, 0.717) is 12.6 Å². The quantitative estimate of drug-likeness (QED) is 0.521. The summed E-state index contributed by atoms with van der Waals surface area (Å²) in [5, 5.41) is 7.84. The number of guanidine groups is 1. The van der Waals surface area contributed by atoms with Crippen molar-refractivity contribution in [3.8, 4) is 5.88 Å². The molecular weight excluding hydrogens is 370 g/mol. The lowest BCUT2D eigenvalue weighted by Gasteiger charge is -2.22. The number of aliphatic imine (C=N–C) groups is 1. The van der Waals surface area contributed by atoms with E-state index in [-0.39, 0.29) is 0 Å². The first-order valence-electron chi connectivity index (χ1n) is 10.3. The Morgan fingerprint density at radius 1 is 1.18 bits per heavy atom. The van der Waals surface area contributed by atoms with Gasteiger partial charge in [0.2, 0.25) is 5.88 Å². The predicted octanol–water partition coefficient (Wildman–Crippen LogP) is 3.72. The summed E-state index contributed by atoms with van der Waals surface area (Å²) in [4.78, 5) is 14.5. The third-order valence-electron chi connectivity index (χ3n) is 4.90. The Morgan fingerprint density at radius 2 is 2.04 bits per heavy atom. The summed E-state index contributed by atoms with van der Waals surface area (Å²) in [6.07, 6.45) is 12.3. The average Bonchev–Trinajstić information content (AvgIpc) is 3.20. The van der Waals surface area contributed by atoms with Crippen molar-refractivity contribution in [1.29, 1.82) is 0 Å². The normalized spacial score (nSPS) is 15.4. The van der Waals surface area contributed by atoms with Crippen LogP contribution in [0.5, 0.6) is 5.88 Å². The Hall–Kier alpha value is -2.15. The molecule has 2 aromatic heterocycles. The Labute approximate surface area is 171 Å². The van der Waals surface area contributed by atoms with Crippen molar-refractivity contribution in [2.24, 2.45) is 4.99 Å². The van der Waals surface area contributed by atoms with Crippen LogP contribution in [0.4, 0.5) is 0 Å². The summed E-state index contributed by atoms with van der Waals surface area (Å²) in [5.41, 5.74) is 1.10. The molecule has 28 heavy (non-hydrogen) atoms. The van der Waals surface area contributed by atoms with Crippen LogP contribution in [0.1, 0.15) is 54.5 Å². The van der Waals surface area contributed by atoms with Crippen LogP contribution in [0.3, 0.4) is 0 Å². The van der Waals surface area contributed by atoms with Crippen molar-refractivity contribution in [2.75, 3.05) is 13.6 Å². The molecule has 1 aliphatic carbocycles. The summed E-state index contributed by atoms with van der Waals surface area (Å²) in [7, 11) is 1.78. The highest BCUT2D eigenvalue weighted by atomic mass is 32.1. The second-order valence-electron chi connectivity index (χ2n) is 7.06. The Balaban J connectivity index is 1.39. The lowest BCUT2D eigenvalue weighted by atomic mass is 9.98. The first kappa shape index (κ1) is 20.6. The standard InChI is InChI=1S/C21H31N5OS/c1-3-18-15-25-20(28-18)11-12-23-21(22-2)26-14-16-9-10-19(24-13-16)27-17-7-5-4-6-8-17/h9-10,13,15,17H,3-8,11-12,14H2,1-2H3,(H2,22,23,26). The number of hydrogen-bond acceptors (Lipinski definition) is 5. The van der Waals surface area contributed by atoms with Gasteiger partial charge in [-0.1, -0.05) is 19.4 Å². The molecule has 0 radical (unpaired) electrons. The number of nitrogens with zero attached hydrogens (tertiary/aromatic N) is 3. The van der Waals surface area contributed by atoms with E-state index in [0.717, 1.165) is 54.6 Å². The monoisotopic (exact) mass is 401 g/mol. The van der Waals surface area contributed by atoms with Gasteiger partial charge in [-0.15, -0.1) is 11.3 Å².